The predicted molar refractivity (Wildman–Crippen MR) is 70.6 cm³/mol. The van der Waals surface area contributed by atoms with Crippen LogP contribution in [0, 0.1) is 5.92 Å². The van der Waals surface area contributed by atoms with Crippen molar-refractivity contribution in [3.05, 3.63) is 28.8 Å². The van der Waals surface area contributed by atoms with Crippen LogP contribution in [0.3, 0.4) is 0 Å². The second-order valence-corrected chi connectivity index (χ2v) is 4.93. The molecule has 0 radical (unpaired) electrons. The lowest BCUT2D eigenvalue weighted by Gasteiger charge is -2.14. The van der Waals surface area contributed by atoms with Crippen molar-refractivity contribution in [1.29, 1.82) is 0 Å². The molecule has 5 nitrogen and oxygen atoms in total. The zero-order valence-corrected chi connectivity index (χ0v) is 11.1. The van der Waals surface area contributed by atoms with Gasteiger partial charge in [-0.05, 0) is 31.5 Å². The second kappa shape index (κ2) is 5.59. The summed E-state index contributed by atoms with van der Waals surface area (Å²) in [6.07, 6.45) is 0.539. The number of amides is 1. The van der Waals surface area contributed by atoms with Gasteiger partial charge in [0.1, 0.15) is 0 Å². The molecule has 19 heavy (non-hydrogen) atoms. The van der Waals surface area contributed by atoms with Crippen LogP contribution >= 0.6 is 11.6 Å². The molecule has 1 aromatic rings. The van der Waals surface area contributed by atoms with E-state index in [-0.39, 0.29) is 28.5 Å². The molecule has 1 saturated heterocycles. The van der Waals surface area contributed by atoms with Crippen molar-refractivity contribution >= 4 is 29.2 Å². The standard InChI is InChI=1S/C13H14ClNO4/c1-7-11(2-3-19-7)12(16)15-10-5-8(13(17)18)4-9(14)6-10/h4-7,11H,2-3H2,1H3,(H,15,16)(H,17,18). The number of carbonyl (C=O) groups excluding carboxylic acids is 1. The van der Waals surface area contributed by atoms with Gasteiger partial charge in [0.15, 0.2) is 0 Å². The number of ether oxygens (including phenoxy) is 1. The van der Waals surface area contributed by atoms with Crippen LogP contribution in [0.2, 0.25) is 5.02 Å². The second-order valence-electron chi connectivity index (χ2n) is 4.49. The Bertz CT molecular complexity index is 517. The Hall–Kier alpha value is -1.59. The summed E-state index contributed by atoms with van der Waals surface area (Å²) in [5.41, 5.74) is 0.424. The average molecular weight is 284 g/mol. The lowest BCUT2D eigenvalue weighted by atomic mass is 10.0. The van der Waals surface area contributed by atoms with Crippen molar-refractivity contribution < 1.29 is 19.4 Å². The van der Waals surface area contributed by atoms with Gasteiger partial charge in [-0.15, -0.1) is 0 Å². The molecule has 0 spiro atoms. The first-order valence-electron chi connectivity index (χ1n) is 5.93. The van der Waals surface area contributed by atoms with E-state index in [9.17, 15) is 9.59 Å². The summed E-state index contributed by atoms with van der Waals surface area (Å²) in [5, 5.41) is 11.9. The molecule has 2 rings (SSSR count). The van der Waals surface area contributed by atoms with E-state index in [1.807, 2.05) is 6.92 Å². The van der Waals surface area contributed by atoms with Crippen molar-refractivity contribution in [3.63, 3.8) is 0 Å². The van der Waals surface area contributed by atoms with Crippen LogP contribution in [0.15, 0.2) is 18.2 Å². The molecule has 1 amide bonds. The van der Waals surface area contributed by atoms with Crippen LogP contribution in [0.25, 0.3) is 0 Å². The maximum atomic E-state index is 12.0. The first kappa shape index (κ1) is 13.8. The number of hydrogen-bond donors (Lipinski definition) is 2. The van der Waals surface area contributed by atoms with Crippen LogP contribution in [-0.4, -0.2) is 29.7 Å². The van der Waals surface area contributed by atoms with E-state index in [2.05, 4.69) is 5.32 Å². The Morgan fingerprint density at radius 1 is 1.42 bits per heavy atom. The maximum absolute atomic E-state index is 12.0. The third kappa shape index (κ3) is 3.24. The first-order chi connectivity index (χ1) is 8.97. The highest BCUT2D eigenvalue weighted by atomic mass is 35.5. The van der Waals surface area contributed by atoms with Gasteiger partial charge < -0.3 is 15.2 Å². The molecule has 6 heteroatoms. The number of carboxylic acid groups (broad SMARTS) is 1. The molecule has 1 fully saturated rings. The molecular formula is C13H14ClNO4. The van der Waals surface area contributed by atoms with Gasteiger partial charge in [0.2, 0.25) is 5.91 Å². The van der Waals surface area contributed by atoms with Gasteiger partial charge in [-0.2, -0.15) is 0 Å². The Kier molecular flexibility index (Phi) is 4.07. The normalized spacial score (nSPS) is 22.2. The minimum atomic E-state index is -1.09. The quantitative estimate of drug-likeness (QED) is 0.893. The van der Waals surface area contributed by atoms with Crippen LogP contribution in [0.1, 0.15) is 23.7 Å². The molecule has 1 aliphatic rings. The number of carbonyl (C=O) groups is 2. The molecule has 0 aliphatic carbocycles. The number of carboxylic acids is 1. The number of hydrogen-bond acceptors (Lipinski definition) is 3. The SMILES string of the molecule is CC1OCCC1C(=O)Nc1cc(Cl)cc(C(=O)O)c1. The van der Waals surface area contributed by atoms with Gasteiger partial charge in [-0.25, -0.2) is 4.79 Å². The minimum absolute atomic E-state index is 0.0403. The largest absolute Gasteiger partial charge is 0.478 e. The van der Waals surface area contributed by atoms with Crippen molar-refractivity contribution in [3.8, 4) is 0 Å². The molecule has 0 saturated carbocycles. The highest BCUT2D eigenvalue weighted by Crippen LogP contribution is 2.24. The fraction of sp³-hybridized carbons (Fsp3) is 0.385. The van der Waals surface area contributed by atoms with Gasteiger partial charge in [-0.1, -0.05) is 11.6 Å². The predicted octanol–water partition coefficient (Wildman–Crippen LogP) is 2.40. The number of aromatic carboxylic acids is 1. The Morgan fingerprint density at radius 2 is 2.16 bits per heavy atom. The fourth-order valence-electron chi connectivity index (χ4n) is 2.10. The van der Waals surface area contributed by atoms with Crippen LogP contribution < -0.4 is 5.32 Å². The molecule has 0 bridgehead atoms. The lowest BCUT2D eigenvalue weighted by Crippen LogP contribution is -2.27. The molecule has 2 unspecified atom stereocenters. The maximum Gasteiger partial charge on any atom is 0.335 e. The van der Waals surface area contributed by atoms with Gasteiger partial charge in [-0.3, -0.25) is 4.79 Å². The fourth-order valence-corrected chi connectivity index (χ4v) is 2.33. The lowest BCUT2D eigenvalue weighted by molar-refractivity contribution is -0.121. The summed E-state index contributed by atoms with van der Waals surface area (Å²) < 4.78 is 5.33. The molecule has 1 heterocycles. The zero-order chi connectivity index (χ0) is 14.0. The van der Waals surface area contributed by atoms with E-state index in [4.69, 9.17) is 21.4 Å². The average Bonchev–Trinajstić information content (AvgIpc) is 2.74. The summed E-state index contributed by atoms with van der Waals surface area (Å²) in [4.78, 5) is 22.9. The summed E-state index contributed by atoms with van der Waals surface area (Å²) >= 11 is 5.83. The van der Waals surface area contributed by atoms with Crippen molar-refractivity contribution in [2.24, 2.45) is 5.92 Å². The van der Waals surface area contributed by atoms with E-state index in [0.29, 0.717) is 18.7 Å². The number of nitrogens with one attached hydrogen (secondary N) is 1. The molecule has 2 N–H and O–H groups in total. The summed E-state index contributed by atoms with van der Waals surface area (Å²) in [6.45, 7) is 2.41. The molecule has 2 atom stereocenters. The van der Waals surface area contributed by atoms with E-state index in [1.165, 1.54) is 18.2 Å². The Labute approximate surface area is 115 Å². The molecule has 1 aromatic carbocycles. The highest BCUT2D eigenvalue weighted by molar-refractivity contribution is 6.31. The minimum Gasteiger partial charge on any atom is -0.478 e. The van der Waals surface area contributed by atoms with Gasteiger partial charge >= 0.3 is 5.97 Å². The number of anilines is 1. The van der Waals surface area contributed by atoms with Crippen LogP contribution in [0.4, 0.5) is 5.69 Å². The van der Waals surface area contributed by atoms with Crippen molar-refractivity contribution in [1.82, 2.24) is 0 Å². The zero-order valence-electron chi connectivity index (χ0n) is 10.4. The van der Waals surface area contributed by atoms with E-state index in [0.717, 1.165) is 0 Å². The number of rotatable bonds is 3. The summed E-state index contributed by atoms with van der Waals surface area (Å²) in [7, 11) is 0. The summed E-state index contributed by atoms with van der Waals surface area (Å²) in [5.74, 6) is -1.48. The Morgan fingerprint density at radius 3 is 2.74 bits per heavy atom. The Balaban J connectivity index is 2.14. The third-order valence-electron chi connectivity index (χ3n) is 3.13. The van der Waals surface area contributed by atoms with E-state index in [1.54, 1.807) is 0 Å². The third-order valence-corrected chi connectivity index (χ3v) is 3.34. The summed E-state index contributed by atoms with van der Waals surface area (Å²) in [6, 6.07) is 4.24. The van der Waals surface area contributed by atoms with E-state index >= 15 is 0 Å². The van der Waals surface area contributed by atoms with E-state index < -0.39 is 5.97 Å². The topological polar surface area (TPSA) is 75.6 Å². The molecular weight excluding hydrogens is 270 g/mol. The van der Waals surface area contributed by atoms with Gasteiger partial charge in [0, 0.05) is 17.3 Å². The highest BCUT2D eigenvalue weighted by Gasteiger charge is 2.30. The molecule has 0 aromatic heterocycles. The van der Waals surface area contributed by atoms with Crippen LogP contribution in [-0.2, 0) is 9.53 Å². The van der Waals surface area contributed by atoms with Crippen molar-refractivity contribution in [2.45, 2.75) is 19.4 Å². The molecule has 1 aliphatic heterocycles. The van der Waals surface area contributed by atoms with Crippen molar-refractivity contribution in [2.75, 3.05) is 11.9 Å². The number of benzene rings is 1. The molecule has 102 valence electrons. The smallest absolute Gasteiger partial charge is 0.335 e. The monoisotopic (exact) mass is 283 g/mol. The van der Waals surface area contributed by atoms with Crippen LogP contribution in [0.5, 0.6) is 0 Å². The number of halogens is 1. The first-order valence-corrected chi connectivity index (χ1v) is 6.31. The van der Waals surface area contributed by atoms with Gasteiger partial charge in [0.25, 0.3) is 0 Å². The van der Waals surface area contributed by atoms with Gasteiger partial charge in [0.05, 0.1) is 17.6 Å².